The van der Waals surface area contributed by atoms with Gasteiger partial charge in [-0.15, -0.1) is 0 Å². The Labute approximate surface area is 154 Å². The molecule has 0 amide bonds. The summed E-state index contributed by atoms with van der Waals surface area (Å²) in [6.45, 7) is 7.22. The first-order valence-corrected chi connectivity index (χ1v) is 9.19. The molecule has 0 aliphatic carbocycles. The van der Waals surface area contributed by atoms with Crippen LogP contribution in [0.4, 0.5) is 0 Å². The fourth-order valence-corrected chi connectivity index (χ4v) is 3.56. The topological polar surface area (TPSA) is 67.5 Å². The first-order valence-electron chi connectivity index (χ1n) is 9.19. The minimum absolute atomic E-state index is 0.0686. The van der Waals surface area contributed by atoms with Crippen LogP contribution >= 0.6 is 0 Å². The largest absolute Gasteiger partial charge is 0.493 e. The molecule has 6 nitrogen and oxygen atoms in total. The molecular weight excluding hydrogens is 330 g/mol. The molecule has 0 saturated carbocycles. The van der Waals surface area contributed by atoms with Crippen molar-refractivity contribution in [2.24, 2.45) is 0 Å². The maximum Gasteiger partial charge on any atom is 0.251 e. The highest BCUT2D eigenvalue weighted by Gasteiger charge is 2.23. The average Bonchev–Trinajstić information content (AvgIpc) is 2.62. The Kier molecular flexibility index (Phi) is 5.93. The van der Waals surface area contributed by atoms with Gasteiger partial charge in [0.05, 0.1) is 13.7 Å². The molecular formula is C20H27N3O3. The Balaban J connectivity index is 1.71. The molecule has 1 unspecified atom stereocenters. The van der Waals surface area contributed by atoms with Gasteiger partial charge in [-0.25, -0.2) is 4.98 Å². The van der Waals surface area contributed by atoms with E-state index in [9.17, 15) is 4.79 Å². The van der Waals surface area contributed by atoms with Crippen molar-refractivity contribution in [3.8, 4) is 11.5 Å². The molecule has 1 aromatic carbocycles. The number of nitrogens with zero attached hydrogens (tertiary/aromatic N) is 2. The molecule has 140 valence electrons. The molecule has 0 spiro atoms. The zero-order valence-corrected chi connectivity index (χ0v) is 15.7. The van der Waals surface area contributed by atoms with Crippen LogP contribution in [0, 0.1) is 6.92 Å². The van der Waals surface area contributed by atoms with Crippen molar-refractivity contribution in [1.82, 2.24) is 14.9 Å². The van der Waals surface area contributed by atoms with Gasteiger partial charge in [0.25, 0.3) is 5.56 Å². The van der Waals surface area contributed by atoms with Crippen molar-refractivity contribution in [2.45, 2.75) is 39.2 Å². The van der Waals surface area contributed by atoms with Gasteiger partial charge in [0.15, 0.2) is 11.5 Å². The maximum atomic E-state index is 11.7. The van der Waals surface area contributed by atoms with Crippen LogP contribution in [-0.2, 0) is 6.54 Å². The van der Waals surface area contributed by atoms with E-state index in [-0.39, 0.29) is 11.5 Å². The van der Waals surface area contributed by atoms with Crippen LogP contribution in [0.3, 0.4) is 0 Å². The van der Waals surface area contributed by atoms with Crippen LogP contribution < -0.4 is 15.0 Å². The number of hydrogen-bond donors (Lipinski definition) is 1. The second-order valence-electron chi connectivity index (χ2n) is 6.76. The van der Waals surface area contributed by atoms with Crippen LogP contribution in [0.2, 0.25) is 0 Å². The van der Waals surface area contributed by atoms with Crippen molar-refractivity contribution < 1.29 is 9.47 Å². The van der Waals surface area contributed by atoms with Crippen molar-refractivity contribution in [3.63, 3.8) is 0 Å². The lowest BCUT2D eigenvalue weighted by atomic mass is 9.96. The number of aromatic amines is 1. The highest BCUT2D eigenvalue weighted by atomic mass is 16.5. The summed E-state index contributed by atoms with van der Waals surface area (Å²) < 4.78 is 11.0. The summed E-state index contributed by atoms with van der Waals surface area (Å²) >= 11 is 0. The van der Waals surface area contributed by atoms with E-state index in [1.54, 1.807) is 7.11 Å². The predicted molar refractivity (Wildman–Crippen MR) is 101 cm³/mol. The molecule has 1 saturated heterocycles. The Morgan fingerprint density at radius 1 is 1.31 bits per heavy atom. The average molecular weight is 357 g/mol. The lowest BCUT2D eigenvalue weighted by molar-refractivity contribution is 0.196. The summed E-state index contributed by atoms with van der Waals surface area (Å²) in [5.74, 6) is 2.62. The lowest BCUT2D eigenvalue weighted by Crippen LogP contribution is -2.35. The summed E-state index contributed by atoms with van der Waals surface area (Å²) in [5.41, 5.74) is 1.90. The summed E-state index contributed by atoms with van der Waals surface area (Å²) in [7, 11) is 1.66. The first kappa shape index (κ1) is 18.5. The third kappa shape index (κ3) is 4.43. The van der Waals surface area contributed by atoms with Gasteiger partial charge >= 0.3 is 0 Å². The highest BCUT2D eigenvalue weighted by molar-refractivity contribution is 5.43. The van der Waals surface area contributed by atoms with E-state index < -0.39 is 0 Å². The van der Waals surface area contributed by atoms with E-state index in [1.807, 2.05) is 26.0 Å². The second kappa shape index (κ2) is 8.36. The number of ether oxygens (including phenoxy) is 2. The molecule has 0 bridgehead atoms. The number of rotatable bonds is 6. The smallest absolute Gasteiger partial charge is 0.251 e. The normalized spacial score (nSPS) is 17.9. The number of methoxy groups -OCH3 is 1. The second-order valence-corrected chi connectivity index (χ2v) is 6.76. The molecule has 1 N–H and O–H groups in total. The van der Waals surface area contributed by atoms with Crippen molar-refractivity contribution >= 4 is 0 Å². The van der Waals surface area contributed by atoms with Gasteiger partial charge in [-0.1, -0.05) is 6.07 Å². The Morgan fingerprint density at radius 2 is 2.15 bits per heavy atom. The van der Waals surface area contributed by atoms with Gasteiger partial charge in [0, 0.05) is 30.8 Å². The van der Waals surface area contributed by atoms with Gasteiger partial charge in [-0.2, -0.15) is 0 Å². The molecule has 1 atom stereocenters. The number of aryl methyl sites for hydroxylation is 1. The van der Waals surface area contributed by atoms with E-state index >= 15 is 0 Å². The number of hydrogen-bond acceptors (Lipinski definition) is 5. The SMILES string of the molecule is CCOc1ccc(CN2CCCC(c3nc(C)cc(=O)[nH]3)C2)cc1OC. The van der Waals surface area contributed by atoms with Crippen LogP contribution in [0.15, 0.2) is 29.1 Å². The van der Waals surface area contributed by atoms with Crippen molar-refractivity contribution in [1.29, 1.82) is 0 Å². The van der Waals surface area contributed by atoms with Gasteiger partial charge in [0.2, 0.25) is 0 Å². The standard InChI is InChI=1S/C20H27N3O3/c1-4-26-17-8-7-15(11-18(17)25-3)12-23-9-5-6-16(13-23)20-21-14(2)10-19(24)22-20/h7-8,10-11,16H,4-6,9,12-13H2,1-3H3,(H,21,22,24). The zero-order valence-electron chi connectivity index (χ0n) is 15.7. The molecule has 26 heavy (non-hydrogen) atoms. The molecule has 2 heterocycles. The maximum absolute atomic E-state index is 11.7. The van der Waals surface area contributed by atoms with Gasteiger partial charge in [0.1, 0.15) is 5.82 Å². The summed E-state index contributed by atoms with van der Waals surface area (Å²) in [5, 5.41) is 0. The molecule has 1 aliphatic rings. The Hall–Kier alpha value is -2.34. The number of likely N-dealkylation sites (tertiary alicyclic amines) is 1. The van der Waals surface area contributed by atoms with E-state index in [4.69, 9.17) is 9.47 Å². The number of piperidine rings is 1. The van der Waals surface area contributed by atoms with E-state index in [0.717, 1.165) is 55.5 Å². The summed E-state index contributed by atoms with van der Waals surface area (Å²) in [6, 6.07) is 7.64. The third-order valence-corrected chi connectivity index (χ3v) is 4.71. The minimum Gasteiger partial charge on any atom is -0.493 e. The van der Waals surface area contributed by atoms with E-state index in [0.29, 0.717) is 6.61 Å². The number of nitrogens with one attached hydrogen (secondary N) is 1. The Bertz CT molecular complexity index is 803. The first-order chi connectivity index (χ1) is 12.6. The van der Waals surface area contributed by atoms with Gasteiger partial charge in [-0.05, 0) is 50.9 Å². The fourth-order valence-electron chi connectivity index (χ4n) is 3.56. The lowest BCUT2D eigenvalue weighted by Gasteiger charge is -2.32. The number of aromatic nitrogens is 2. The van der Waals surface area contributed by atoms with Crippen LogP contribution in [0.1, 0.15) is 42.8 Å². The van der Waals surface area contributed by atoms with Crippen LogP contribution in [0.25, 0.3) is 0 Å². The quantitative estimate of drug-likeness (QED) is 0.861. The van der Waals surface area contributed by atoms with Crippen molar-refractivity contribution in [3.05, 3.63) is 51.7 Å². The molecule has 6 heteroatoms. The fraction of sp³-hybridized carbons (Fsp3) is 0.500. The predicted octanol–water partition coefficient (Wildman–Crippen LogP) is 2.87. The Morgan fingerprint density at radius 3 is 2.88 bits per heavy atom. The molecule has 1 fully saturated rings. The van der Waals surface area contributed by atoms with E-state index in [2.05, 4.69) is 20.9 Å². The van der Waals surface area contributed by atoms with Crippen LogP contribution in [0.5, 0.6) is 11.5 Å². The van der Waals surface area contributed by atoms with Crippen LogP contribution in [-0.4, -0.2) is 41.7 Å². The van der Waals surface area contributed by atoms with Gasteiger partial charge < -0.3 is 14.5 Å². The highest BCUT2D eigenvalue weighted by Crippen LogP contribution is 2.30. The van der Waals surface area contributed by atoms with Gasteiger partial charge in [-0.3, -0.25) is 9.69 Å². The summed E-state index contributed by atoms with van der Waals surface area (Å²) in [6.07, 6.45) is 2.14. The molecule has 2 aromatic rings. The summed E-state index contributed by atoms with van der Waals surface area (Å²) in [4.78, 5) is 21.6. The third-order valence-electron chi connectivity index (χ3n) is 4.71. The molecule has 1 aliphatic heterocycles. The zero-order chi connectivity index (χ0) is 18.5. The molecule has 0 radical (unpaired) electrons. The minimum atomic E-state index is -0.0686. The molecule has 1 aromatic heterocycles. The number of H-pyrrole nitrogens is 1. The molecule has 3 rings (SSSR count). The number of benzene rings is 1. The monoisotopic (exact) mass is 357 g/mol. The van der Waals surface area contributed by atoms with Crippen molar-refractivity contribution in [2.75, 3.05) is 26.8 Å². The van der Waals surface area contributed by atoms with E-state index in [1.165, 1.54) is 11.6 Å².